The van der Waals surface area contributed by atoms with Gasteiger partial charge in [-0.05, 0) is 36.8 Å². The van der Waals surface area contributed by atoms with Crippen LogP contribution in [-0.4, -0.2) is 35.0 Å². The minimum Gasteiger partial charge on any atom is -0.478 e. The van der Waals surface area contributed by atoms with E-state index >= 15 is 0 Å². The summed E-state index contributed by atoms with van der Waals surface area (Å²) >= 11 is 0. The van der Waals surface area contributed by atoms with Crippen molar-refractivity contribution < 1.29 is 9.90 Å². The number of hydrogen-bond acceptors (Lipinski definition) is 4. The molecule has 0 bridgehead atoms. The predicted octanol–water partition coefficient (Wildman–Crippen LogP) is 4.99. The molecule has 0 aliphatic rings. The van der Waals surface area contributed by atoms with Gasteiger partial charge in [0.2, 0.25) is 0 Å². The maximum atomic E-state index is 11.8. The quantitative estimate of drug-likeness (QED) is 0.640. The summed E-state index contributed by atoms with van der Waals surface area (Å²) in [4.78, 5) is 13.7. The van der Waals surface area contributed by atoms with Gasteiger partial charge >= 0.3 is 5.97 Å². The maximum absolute atomic E-state index is 11.8. The highest BCUT2D eigenvalue weighted by atomic mass is 16.4. The number of carboxylic acids is 1. The molecule has 152 valence electrons. The molecule has 0 saturated heterocycles. The van der Waals surface area contributed by atoms with Crippen LogP contribution < -0.4 is 10.2 Å². The lowest BCUT2D eigenvalue weighted by atomic mass is 9.92. The molecule has 2 N–H and O–H groups in total. The molecular formula is C23H28N4O2. The third-order valence-corrected chi connectivity index (χ3v) is 4.83. The average molecular weight is 393 g/mol. The number of rotatable bonds is 5. The Bertz CT molecular complexity index is 1050. The number of aryl methyl sites for hydroxylation is 1. The molecule has 0 radical (unpaired) electrons. The minimum atomic E-state index is -0.976. The fraction of sp³-hybridized carbons (Fsp3) is 0.304. The fourth-order valence-electron chi connectivity index (χ4n) is 3.06. The number of nitrogens with zero attached hydrogens (tertiary/aromatic N) is 3. The van der Waals surface area contributed by atoms with E-state index in [0.717, 1.165) is 28.5 Å². The van der Waals surface area contributed by atoms with Gasteiger partial charge in [0.1, 0.15) is 5.82 Å². The zero-order valence-electron chi connectivity index (χ0n) is 17.8. The monoisotopic (exact) mass is 392 g/mol. The van der Waals surface area contributed by atoms with Crippen molar-refractivity contribution in [2.45, 2.75) is 33.1 Å². The van der Waals surface area contributed by atoms with Crippen LogP contribution in [0.1, 0.15) is 42.4 Å². The van der Waals surface area contributed by atoms with E-state index in [0.29, 0.717) is 5.69 Å². The van der Waals surface area contributed by atoms with Crippen LogP contribution in [0.2, 0.25) is 0 Å². The number of benzene rings is 2. The van der Waals surface area contributed by atoms with E-state index in [2.05, 4.69) is 26.1 Å². The number of para-hydroxylation sites is 1. The number of carbonyl (C=O) groups is 1. The van der Waals surface area contributed by atoms with Crippen LogP contribution in [0, 0.1) is 6.92 Å². The summed E-state index contributed by atoms with van der Waals surface area (Å²) in [6, 6.07) is 15.3. The first kappa shape index (κ1) is 20.5. The topological polar surface area (TPSA) is 70.4 Å². The molecule has 0 saturated carbocycles. The van der Waals surface area contributed by atoms with Crippen LogP contribution in [0.25, 0.3) is 5.69 Å². The van der Waals surface area contributed by atoms with E-state index in [1.165, 1.54) is 0 Å². The van der Waals surface area contributed by atoms with Gasteiger partial charge in [0.05, 0.1) is 22.6 Å². The Kier molecular flexibility index (Phi) is 5.38. The van der Waals surface area contributed by atoms with Crippen molar-refractivity contribution in [1.82, 2.24) is 9.78 Å². The van der Waals surface area contributed by atoms with Crippen molar-refractivity contribution in [2.24, 2.45) is 0 Å². The molecule has 6 nitrogen and oxygen atoms in total. The van der Waals surface area contributed by atoms with Crippen molar-refractivity contribution >= 4 is 23.2 Å². The van der Waals surface area contributed by atoms with Gasteiger partial charge in [0, 0.05) is 31.3 Å². The summed E-state index contributed by atoms with van der Waals surface area (Å²) in [6.07, 6.45) is 0. The number of aromatic nitrogens is 2. The maximum Gasteiger partial charge on any atom is 0.337 e. The highest BCUT2D eigenvalue weighted by Gasteiger charge is 2.22. The van der Waals surface area contributed by atoms with Crippen LogP contribution in [0.3, 0.4) is 0 Å². The van der Waals surface area contributed by atoms with Crippen molar-refractivity contribution in [3.63, 3.8) is 0 Å². The van der Waals surface area contributed by atoms with Crippen LogP contribution in [0.4, 0.5) is 17.2 Å². The third kappa shape index (κ3) is 4.26. The molecule has 1 aromatic heterocycles. The van der Waals surface area contributed by atoms with Gasteiger partial charge < -0.3 is 15.3 Å². The summed E-state index contributed by atoms with van der Waals surface area (Å²) in [5, 5.41) is 17.8. The number of nitrogens with one attached hydrogen (secondary N) is 1. The van der Waals surface area contributed by atoms with E-state index in [4.69, 9.17) is 5.10 Å². The van der Waals surface area contributed by atoms with Gasteiger partial charge in [-0.1, -0.05) is 39.0 Å². The molecule has 0 aliphatic carbocycles. The van der Waals surface area contributed by atoms with E-state index in [9.17, 15) is 9.90 Å². The first-order chi connectivity index (χ1) is 13.6. The zero-order chi connectivity index (χ0) is 21.3. The summed E-state index contributed by atoms with van der Waals surface area (Å²) in [5.74, 6) is -0.251. The molecule has 2 aromatic carbocycles. The Morgan fingerprint density at radius 1 is 1.10 bits per heavy atom. The Labute approximate surface area is 171 Å². The smallest absolute Gasteiger partial charge is 0.337 e. The lowest BCUT2D eigenvalue weighted by Crippen LogP contribution is -2.13. The van der Waals surface area contributed by atoms with Crippen LogP contribution in [-0.2, 0) is 5.41 Å². The molecule has 0 spiro atoms. The largest absolute Gasteiger partial charge is 0.478 e. The summed E-state index contributed by atoms with van der Waals surface area (Å²) < 4.78 is 1.85. The highest BCUT2D eigenvalue weighted by Crippen LogP contribution is 2.31. The lowest BCUT2D eigenvalue weighted by Gasteiger charge is -2.17. The van der Waals surface area contributed by atoms with E-state index in [-0.39, 0.29) is 11.0 Å². The molecular weight excluding hydrogens is 364 g/mol. The average Bonchev–Trinajstić information content (AvgIpc) is 3.05. The molecule has 1 heterocycles. The molecule has 0 fully saturated rings. The van der Waals surface area contributed by atoms with E-state index < -0.39 is 5.97 Å². The van der Waals surface area contributed by atoms with Crippen molar-refractivity contribution in [3.8, 4) is 5.69 Å². The summed E-state index contributed by atoms with van der Waals surface area (Å²) in [5.41, 5.74) is 4.46. The number of carboxylic acid groups (broad SMARTS) is 1. The summed E-state index contributed by atoms with van der Waals surface area (Å²) in [6.45, 7) is 8.36. The van der Waals surface area contributed by atoms with Gasteiger partial charge in [-0.2, -0.15) is 5.10 Å². The lowest BCUT2D eigenvalue weighted by molar-refractivity contribution is 0.0698. The second kappa shape index (κ2) is 7.62. The van der Waals surface area contributed by atoms with Gasteiger partial charge in [-0.15, -0.1) is 0 Å². The Balaban J connectivity index is 2.17. The van der Waals surface area contributed by atoms with Gasteiger partial charge in [-0.25, -0.2) is 9.48 Å². The van der Waals surface area contributed by atoms with Crippen LogP contribution >= 0.6 is 0 Å². The molecule has 6 heteroatoms. The van der Waals surface area contributed by atoms with Crippen molar-refractivity contribution in [3.05, 3.63) is 65.4 Å². The summed E-state index contributed by atoms with van der Waals surface area (Å²) in [7, 11) is 3.85. The third-order valence-electron chi connectivity index (χ3n) is 4.83. The predicted molar refractivity (Wildman–Crippen MR) is 118 cm³/mol. The number of aromatic carboxylic acids is 1. The molecule has 3 rings (SSSR count). The van der Waals surface area contributed by atoms with Crippen molar-refractivity contribution in [1.29, 1.82) is 0 Å². The van der Waals surface area contributed by atoms with Gasteiger partial charge in [0.15, 0.2) is 0 Å². The molecule has 29 heavy (non-hydrogen) atoms. The zero-order valence-corrected chi connectivity index (χ0v) is 17.8. The second-order valence-electron chi connectivity index (χ2n) is 8.42. The standard InChI is InChI=1S/C23H28N4O2/c1-15-9-7-8-10-19(15)27-21(14-20(25-27)23(2,3)4)24-18-13-16(26(5)6)11-12-17(18)22(28)29/h7-14,24H,1-6H3,(H,28,29). The fourth-order valence-corrected chi connectivity index (χ4v) is 3.06. The highest BCUT2D eigenvalue weighted by molar-refractivity contribution is 5.96. The molecule has 0 amide bonds. The van der Waals surface area contributed by atoms with Crippen molar-refractivity contribution in [2.75, 3.05) is 24.3 Å². The SMILES string of the molecule is Cc1ccccc1-n1nc(C(C)(C)C)cc1Nc1cc(N(C)C)ccc1C(=O)O. The first-order valence-electron chi connectivity index (χ1n) is 9.56. The number of anilines is 3. The van der Waals surface area contributed by atoms with E-state index in [1.807, 2.05) is 67.0 Å². The second-order valence-corrected chi connectivity index (χ2v) is 8.42. The Morgan fingerprint density at radius 3 is 2.38 bits per heavy atom. The number of hydrogen-bond donors (Lipinski definition) is 2. The Morgan fingerprint density at radius 2 is 1.79 bits per heavy atom. The van der Waals surface area contributed by atoms with Gasteiger partial charge in [0.25, 0.3) is 0 Å². The first-order valence-corrected chi connectivity index (χ1v) is 9.56. The molecule has 0 aliphatic heterocycles. The van der Waals surface area contributed by atoms with Crippen LogP contribution in [0.15, 0.2) is 48.5 Å². The van der Waals surface area contributed by atoms with E-state index in [1.54, 1.807) is 12.1 Å². The Hall–Kier alpha value is -3.28. The molecule has 0 atom stereocenters. The normalized spacial score (nSPS) is 11.4. The minimum absolute atomic E-state index is 0.147. The van der Waals surface area contributed by atoms with Crippen LogP contribution in [0.5, 0.6) is 0 Å². The molecule has 3 aromatic rings. The van der Waals surface area contributed by atoms with Gasteiger partial charge in [-0.3, -0.25) is 0 Å². The molecule has 0 unspecified atom stereocenters.